The minimum Gasteiger partial charge on any atom is -0.480 e. The topological polar surface area (TPSA) is 119 Å². The van der Waals surface area contributed by atoms with E-state index in [1.807, 2.05) is 41.1 Å². The summed E-state index contributed by atoms with van der Waals surface area (Å²) in [7, 11) is 1.56. The van der Waals surface area contributed by atoms with Gasteiger partial charge in [-0.3, -0.25) is 0 Å². The van der Waals surface area contributed by atoms with Gasteiger partial charge in [0.05, 0.1) is 35.2 Å². The van der Waals surface area contributed by atoms with E-state index < -0.39 is 12.2 Å². The van der Waals surface area contributed by atoms with E-state index in [9.17, 15) is 10.2 Å². The number of anilines is 1. The number of nitrogen functional groups attached to an aromatic ring is 1. The van der Waals surface area contributed by atoms with Crippen LogP contribution in [0, 0.1) is 5.92 Å². The van der Waals surface area contributed by atoms with Gasteiger partial charge < -0.3 is 25.3 Å². The second-order valence-corrected chi connectivity index (χ2v) is 8.72. The summed E-state index contributed by atoms with van der Waals surface area (Å²) in [4.78, 5) is 12.9. The third-order valence-electron chi connectivity index (χ3n) is 6.46. The van der Waals surface area contributed by atoms with Gasteiger partial charge in [-0.05, 0) is 48.9 Å². The summed E-state index contributed by atoms with van der Waals surface area (Å²) in [5.41, 5.74) is 8.42. The summed E-state index contributed by atoms with van der Waals surface area (Å²) in [5.74, 6) is 0.758. The van der Waals surface area contributed by atoms with E-state index in [1.165, 1.54) is 6.33 Å². The van der Waals surface area contributed by atoms with Crippen molar-refractivity contribution >= 4 is 39.4 Å². The second-order valence-electron chi connectivity index (χ2n) is 8.31. The van der Waals surface area contributed by atoms with E-state index in [4.69, 9.17) is 22.1 Å². The maximum Gasteiger partial charge on any atom is 0.225 e. The Hall–Kier alpha value is -2.94. The molecule has 1 aliphatic rings. The second kappa shape index (κ2) is 8.20. The van der Waals surface area contributed by atoms with Crippen molar-refractivity contribution in [1.82, 2.24) is 19.5 Å². The van der Waals surface area contributed by atoms with Gasteiger partial charge >= 0.3 is 0 Å². The number of ether oxygens (including phenoxy) is 1. The van der Waals surface area contributed by atoms with Crippen LogP contribution in [-0.2, 0) is 6.42 Å². The van der Waals surface area contributed by atoms with Crippen molar-refractivity contribution in [2.75, 3.05) is 12.8 Å². The van der Waals surface area contributed by atoms with Crippen LogP contribution in [0.5, 0.6) is 5.88 Å². The molecule has 9 heteroatoms. The van der Waals surface area contributed by atoms with Crippen LogP contribution in [0.25, 0.3) is 21.9 Å². The van der Waals surface area contributed by atoms with Crippen molar-refractivity contribution in [3.05, 3.63) is 53.4 Å². The third kappa shape index (κ3) is 3.54. The number of methoxy groups -OCH3 is 1. The molecule has 166 valence electrons. The van der Waals surface area contributed by atoms with E-state index in [0.29, 0.717) is 28.8 Å². The summed E-state index contributed by atoms with van der Waals surface area (Å²) in [5, 5.41) is 23.7. The highest BCUT2D eigenvalue weighted by molar-refractivity contribution is 6.33. The fourth-order valence-corrected chi connectivity index (χ4v) is 4.91. The molecule has 0 aliphatic heterocycles. The Morgan fingerprint density at radius 1 is 1.19 bits per heavy atom. The molecule has 0 saturated heterocycles. The minimum absolute atomic E-state index is 0.0462. The summed E-state index contributed by atoms with van der Waals surface area (Å²) in [6, 6.07) is 9.43. The molecule has 5 rings (SSSR count). The zero-order chi connectivity index (χ0) is 22.4. The molecule has 0 radical (unpaired) electrons. The van der Waals surface area contributed by atoms with Crippen LogP contribution in [0.3, 0.4) is 0 Å². The lowest BCUT2D eigenvalue weighted by Gasteiger charge is -2.19. The maximum absolute atomic E-state index is 10.8. The summed E-state index contributed by atoms with van der Waals surface area (Å²) < 4.78 is 7.22. The normalized spacial score (nSPS) is 23.2. The lowest BCUT2D eigenvalue weighted by molar-refractivity contribution is 0.00545. The largest absolute Gasteiger partial charge is 0.480 e. The Balaban J connectivity index is 1.34. The zero-order valence-corrected chi connectivity index (χ0v) is 18.3. The van der Waals surface area contributed by atoms with Crippen LogP contribution in [0.4, 0.5) is 5.82 Å². The zero-order valence-electron chi connectivity index (χ0n) is 17.5. The molecule has 0 unspecified atom stereocenters. The van der Waals surface area contributed by atoms with Gasteiger partial charge in [-0.25, -0.2) is 15.0 Å². The van der Waals surface area contributed by atoms with Gasteiger partial charge in [-0.2, -0.15) is 0 Å². The van der Waals surface area contributed by atoms with Gasteiger partial charge in [-0.15, -0.1) is 0 Å². The highest BCUT2D eigenvalue weighted by atomic mass is 35.5. The molecule has 1 saturated carbocycles. The van der Waals surface area contributed by atoms with Gasteiger partial charge in [0.1, 0.15) is 23.9 Å². The Morgan fingerprint density at radius 3 is 2.84 bits per heavy atom. The standard InChI is InChI=1S/C23H24ClN5O3/c1-32-23-15-6-7-29(22(15)26-11-27-23)18-10-14(19(30)20(18)31)5-3-12-2-4-13-9-16(24)21(25)28-17(13)8-12/h2,4,6-9,11,14,18-20,30-31H,3,5,10H2,1H3,(H2,25,28)/t14-,18+,19+,20-/m0/s1. The van der Waals surface area contributed by atoms with Gasteiger partial charge in [0, 0.05) is 11.6 Å². The number of fused-ring (bicyclic) bond motifs is 2. The number of nitrogens with zero attached hydrogens (tertiary/aromatic N) is 4. The molecule has 4 N–H and O–H groups in total. The molecule has 3 heterocycles. The molecule has 0 spiro atoms. The fraction of sp³-hybridized carbons (Fsp3) is 0.348. The number of hydrogen-bond acceptors (Lipinski definition) is 7. The maximum atomic E-state index is 10.8. The first kappa shape index (κ1) is 20.9. The number of benzene rings is 1. The smallest absolute Gasteiger partial charge is 0.225 e. The number of halogens is 1. The molecule has 1 fully saturated rings. The van der Waals surface area contributed by atoms with Crippen molar-refractivity contribution in [2.24, 2.45) is 5.92 Å². The monoisotopic (exact) mass is 453 g/mol. The Morgan fingerprint density at radius 2 is 2.03 bits per heavy atom. The number of pyridine rings is 1. The molecule has 1 aliphatic carbocycles. The minimum atomic E-state index is -0.878. The van der Waals surface area contributed by atoms with Crippen molar-refractivity contribution in [3.8, 4) is 5.88 Å². The fourth-order valence-electron chi connectivity index (χ4n) is 4.75. The number of rotatable bonds is 5. The van der Waals surface area contributed by atoms with E-state index >= 15 is 0 Å². The Labute approximate surface area is 189 Å². The van der Waals surface area contributed by atoms with Crippen LogP contribution < -0.4 is 10.5 Å². The van der Waals surface area contributed by atoms with Crippen molar-refractivity contribution in [2.45, 2.75) is 37.5 Å². The van der Waals surface area contributed by atoms with Crippen molar-refractivity contribution in [1.29, 1.82) is 0 Å². The summed E-state index contributed by atoms with van der Waals surface area (Å²) in [6.45, 7) is 0. The molecule has 1 aromatic carbocycles. The molecule has 0 bridgehead atoms. The molecule has 8 nitrogen and oxygen atoms in total. The van der Waals surface area contributed by atoms with E-state index in [0.717, 1.165) is 34.7 Å². The van der Waals surface area contributed by atoms with Gasteiger partial charge in [0.25, 0.3) is 0 Å². The van der Waals surface area contributed by atoms with E-state index in [-0.39, 0.29) is 12.0 Å². The Bertz CT molecular complexity index is 1290. The molecule has 3 aromatic heterocycles. The number of aliphatic hydroxyl groups excluding tert-OH is 2. The first-order chi connectivity index (χ1) is 15.5. The van der Waals surface area contributed by atoms with Crippen LogP contribution in [0.2, 0.25) is 5.02 Å². The lowest BCUT2D eigenvalue weighted by Crippen LogP contribution is -2.29. The summed E-state index contributed by atoms with van der Waals surface area (Å²) >= 11 is 6.06. The Kier molecular flexibility index (Phi) is 5.36. The highest BCUT2D eigenvalue weighted by Crippen LogP contribution is 2.40. The lowest BCUT2D eigenvalue weighted by atomic mass is 9.95. The third-order valence-corrected chi connectivity index (χ3v) is 6.76. The molecule has 32 heavy (non-hydrogen) atoms. The number of aryl methyl sites for hydroxylation is 1. The molecule has 0 amide bonds. The van der Waals surface area contributed by atoms with Gasteiger partial charge in [0.2, 0.25) is 5.88 Å². The highest BCUT2D eigenvalue weighted by Gasteiger charge is 2.42. The van der Waals surface area contributed by atoms with Crippen LogP contribution in [0.15, 0.2) is 42.9 Å². The summed E-state index contributed by atoms with van der Waals surface area (Å²) in [6.07, 6.45) is 3.76. The quantitative estimate of drug-likeness (QED) is 0.424. The van der Waals surface area contributed by atoms with Gasteiger partial charge in [0.15, 0.2) is 0 Å². The van der Waals surface area contributed by atoms with Crippen LogP contribution in [-0.4, -0.2) is 49.0 Å². The number of aromatic nitrogens is 4. The SMILES string of the molecule is COc1ncnc2c1ccn2[C@@H]1C[C@H](CCc2ccc3cc(Cl)c(N)nc3c2)[C@@H](O)[C@H]1O. The van der Waals surface area contributed by atoms with Crippen LogP contribution in [0.1, 0.15) is 24.4 Å². The first-order valence-electron chi connectivity index (χ1n) is 10.5. The van der Waals surface area contributed by atoms with Crippen LogP contribution >= 0.6 is 11.6 Å². The molecular formula is C23H24ClN5O3. The molecule has 4 aromatic rings. The number of nitrogens with two attached hydrogens (primary N) is 1. The van der Waals surface area contributed by atoms with Gasteiger partial charge in [-0.1, -0.05) is 23.7 Å². The van der Waals surface area contributed by atoms with E-state index in [2.05, 4.69) is 15.0 Å². The van der Waals surface area contributed by atoms with Crippen molar-refractivity contribution in [3.63, 3.8) is 0 Å². The average Bonchev–Trinajstić information content (AvgIpc) is 3.34. The van der Waals surface area contributed by atoms with Crippen molar-refractivity contribution < 1.29 is 14.9 Å². The number of hydrogen-bond donors (Lipinski definition) is 3. The average molecular weight is 454 g/mol. The molecule has 4 atom stereocenters. The van der Waals surface area contributed by atoms with E-state index in [1.54, 1.807) is 7.11 Å². The predicted molar refractivity (Wildman–Crippen MR) is 123 cm³/mol. The predicted octanol–water partition coefficient (Wildman–Crippen LogP) is 3.14. The first-order valence-corrected chi connectivity index (χ1v) is 10.9. The number of aliphatic hydroxyl groups is 2. The molecular weight excluding hydrogens is 430 g/mol.